The minimum Gasteiger partial charge on any atom is -0.493 e. The van der Waals surface area contributed by atoms with Crippen LogP contribution in [0, 0.1) is 0 Å². The number of nitrogens with zero attached hydrogens (tertiary/aromatic N) is 2. The number of hydrogen-bond acceptors (Lipinski definition) is 4. The number of para-hydroxylation sites is 1. The summed E-state index contributed by atoms with van der Waals surface area (Å²) in [6.45, 7) is 0.601. The summed E-state index contributed by atoms with van der Waals surface area (Å²) in [5.41, 5.74) is 3.02. The van der Waals surface area contributed by atoms with Crippen molar-refractivity contribution in [3.63, 3.8) is 0 Å². The summed E-state index contributed by atoms with van der Waals surface area (Å²) in [7, 11) is 0. The minimum atomic E-state index is -0.119. The molecule has 0 saturated carbocycles. The van der Waals surface area contributed by atoms with Gasteiger partial charge >= 0.3 is 0 Å². The molecule has 1 atom stereocenters. The molecular weight excluding hydrogens is 280 g/mol. The summed E-state index contributed by atoms with van der Waals surface area (Å²) in [6.07, 6.45) is 0.759. The standard InChI is InChI=1S/C16H14N4O2/c21-16(10-5-6-13-14(9-10)19-20-18-13)17-12-7-8-22-15-4-2-1-3-11(12)15/h1-6,9,12H,7-8H2,(H,17,21)(H,18,19,20)/t12-/m0/s1. The molecule has 1 aliphatic heterocycles. The first-order valence-corrected chi connectivity index (χ1v) is 7.14. The van der Waals surface area contributed by atoms with E-state index in [0.29, 0.717) is 17.7 Å². The van der Waals surface area contributed by atoms with E-state index in [1.165, 1.54) is 0 Å². The van der Waals surface area contributed by atoms with Crippen LogP contribution in [0.5, 0.6) is 5.75 Å². The highest BCUT2D eigenvalue weighted by molar-refractivity contribution is 5.97. The zero-order valence-corrected chi connectivity index (χ0v) is 11.7. The van der Waals surface area contributed by atoms with Crippen molar-refractivity contribution in [2.75, 3.05) is 6.61 Å². The van der Waals surface area contributed by atoms with E-state index >= 15 is 0 Å². The fourth-order valence-corrected chi connectivity index (χ4v) is 2.72. The van der Waals surface area contributed by atoms with Crippen LogP contribution in [0.1, 0.15) is 28.4 Å². The molecule has 22 heavy (non-hydrogen) atoms. The highest BCUT2D eigenvalue weighted by Crippen LogP contribution is 2.31. The van der Waals surface area contributed by atoms with E-state index in [0.717, 1.165) is 23.3 Å². The maximum absolute atomic E-state index is 12.5. The third-order valence-corrected chi connectivity index (χ3v) is 3.84. The lowest BCUT2D eigenvalue weighted by Crippen LogP contribution is -2.32. The Labute approximate surface area is 126 Å². The second kappa shape index (κ2) is 5.14. The number of aromatic amines is 1. The summed E-state index contributed by atoms with van der Waals surface area (Å²) in [5.74, 6) is 0.720. The van der Waals surface area contributed by atoms with Gasteiger partial charge in [-0.05, 0) is 24.3 Å². The fraction of sp³-hybridized carbons (Fsp3) is 0.188. The summed E-state index contributed by atoms with van der Waals surface area (Å²) in [6, 6.07) is 13.0. The summed E-state index contributed by atoms with van der Waals surface area (Å²) < 4.78 is 5.61. The number of H-pyrrole nitrogens is 1. The van der Waals surface area contributed by atoms with Crippen LogP contribution in [0.4, 0.5) is 0 Å². The van der Waals surface area contributed by atoms with Crippen LogP contribution in [-0.2, 0) is 0 Å². The Morgan fingerprint density at radius 2 is 2.05 bits per heavy atom. The molecule has 1 aromatic heterocycles. The van der Waals surface area contributed by atoms with Crippen molar-refractivity contribution in [3.8, 4) is 5.75 Å². The minimum absolute atomic E-state index is 0.0366. The van der Waals surface area contributed by atoms with Gasteiger partial charge in [0.1, 0.15) is 16.8 Å². The van der Waals surface area contributed by atoms with Crippen LogP contribution in [0.2, 0.25) is 0 Å². The monoisotopic (exact) mass is 294 g/mol. The predicted octanol–water partition coefficient (Wildman–Crippen LogP) is 2.21. The number of carbonyl (C=O) groups excluding carboxylic acids is 1. The van der Waals surface area contributed by atoms with E-state index < -0.39 is 0 Å². The van der Waals surface area contributed by atoms with Gasteiger partial charge in [0.25, 0.3) is 5.91 Å². The molecule has 2 N–H and O–H groups in total. The van der Waals surface area contributed by atoms with Crippen molar-refractivity contribution in [3.05, 3.63) is 53.6 Å². The van der Waals surface area contributed by atoms with E-state index in [-0.39, 0.29) is 11.9 Å². The fourth-order valence-electron chi connectivity index (χ4n) is 2.72. The van der Waals surface area contributed by atoms with Gasteiger partial charge < -0.3 is 10.1 Å². The number of ether oxygens (including phenoxy) is 1. The molecule has 2 aromatic carbocycles. The first kappa shape index (κ1) is 12.8. The van der Waals surface area contributed by atoms with E-state index in [4.69, 9.17) is 4.74 Å². The molecule has 0 fully saturated rings. The van der Waals surface area contributed by atoms with Crippen LogP contribution in [0.25, 0.3) is 11.0 Å². The second-order valence-corrected chi connectivity index (χ2v) is 5.23. The molecule has 2 heterocycles. The molecule has 6 nitrogen and oxygen atoms in total. The molecule has 0 radical (unpaired) electrons. The van der Waals surface area contributed by atoms with E-state index in [2.05, 4.69) is 20.7 Å². The van der Waals surface area contributed by atoms with Crippen molar-refractivity contribution in [2.45, 2.75) is 12.5 Å². The normalized spacial score (nSPS) is 16.8. The Bertz CT molecular complexity index is 843. The molecule has 3 aromatic rings. The third-order valence-electron chi connectivity index (χ3n) is 3.84. The van der Waals surface area contributed by atoms with Crippen LogP contribution in [0.3, 0.4) is 0 Å². The largest absolute Gasteiger partial charge is 0.493 e. The van der Waals surface area contributed by atoms with Crippen molar-refractivity contribution in [2.24, 2.45) is 0 Å². The van der Waals surface area contributed by atoms with Crippen LogP contribution < -0.4 is 10.1 Å². The van der Waals surface area contributed by atoms with Gasteiger partial charge in [-0.25, -0.2) is 0 Å². The van der Waals surface area contributed by atoms with Gasteiger partial charge in [-0.15, -0.1) is 0 Å². The average molecular weight is 294 g/mol. The zero-order chi connectivity index (χ0) is 14.9. The molecule has 0 saturated heterocycles. The van der Waals surface area contributed by atoms with Crippen molar-refractivity contribution in [1.29, 1.82) is 0 Å². The summed E-state index contributed by atoms with van der Waals surface area (Å²) in [4.78, 5) is 12.5. The molecule has 6 heteroatoms. The number of carbonyl (C=O) groups is 1. The molecule has 4 rings (SSSR count). The Balaban J connectivity index is 1.59. The van der Waals surface area contributed by atoms with Gasteiger partial charge in [-0.3, -0.25) is 4.79 Å². The molecule has 1 aliphatic rings. The van der Waals surface area contributed by atoms with Gasteiger partial charge in [0.15, 0.2) is 0 Å². The van der Waals surface area contributed by atoms with Crippen molar-refractivity contribution in [1.82, 2.24) is 20.7 Å². The number of nitrogens with one attached hydrogen (secondary N) is 2. The Hall–Kier alpha value is -2.89. The topological polar surface area (TPSA) is 79.9 Å². The number of hydrogen-bond donors (Lipinski definition) is 2. The van der Waals surface area contributed by atoms with Gasteiger partial charge in [-0.1, -0.05) is 18.2 Å². The van der Waals surface area contributed by atoms with Crippen LogP contribution in [0.15, 0.2) is 42.5 Å². The van der Waals surface area contributed by atoms with E-state index in [1.54, 1.807) is 18.2 Å². The summed E-state index contributed by atoms with van der Waals surface area (Å²) >= 11 is 0. The molecule has 0 bridgehead atoms. The Morgan fingerprint density at radius 3 is 3.00 bits per heavy atom. The first-order valence-electron chi connectivity index (χ1n) is 7.14. The molecular formula is C16H14N4O2. The van der Waals surface area contributed by atoms with Crippen LogP contribution in [-0.4, -0.2) is 27.9 Å². The number of aromatic nitrogens is 3. The lowest BCUT2D eigenvalue weighted by Gasteiger charge is -2.26. The van der Waals surface area contributed by atoms with Gasteiger partial charge in [0.2, 0.25) is 0 Å². The molecule has 0 unspecified atom stereocenters. The number of fused-ring (bicyclic) bond motifs is 2. The quantitative estimate of drug-likeness (QED) is 0.759. The Morgan fingerprint density at radius 1 is 1.18 bits per heavy atom. The van der Waals surface area contributed by atoms with Crippen molar-refractivity contribution >= 4 is 16.9 Å². The van der Waals surface area contributed by atoms with Crippen LogP contribution >= 0.6 is 0 Å². The molecule has 1 amide bonds. The molecule has 110 valence electrons. The molecule has 0 aliphatic carbocycles. The lowest BCUT2D eigenvalue weighted by atomic mass is 10.00. The number of amides is 1. The van der Waals surface area contributed by atoms with E-state index in [9.17, 15) is 4.79 Å². The number of rotatable bonds is 2. The highest BCUT2D eigenvalue weighted by Gasteiger charge is 2.23. The SMILES string of the molecule is O=C(N[C@H]1CCOc2ccccc21)c1ccc2n[nH]nc2c1. The smallest absolute Gasteiger partial charge is 0.251 e. The maximum Gasteiger partial charge on any atom is 0.251 e. The summed E-state index contributed by atoms with van der Waals surface area (Å²) in [5, 5.41) is 13.6. The second-order valence-electron chi connectivity index (χ2n) is 5.23. The first-order chi connectivity index (χ1) is 10.8. The molecule has 0 spiro atoms. The van der Waals surface area contributed by atoms with Crippen molar-refractivity contribution < 1.29 is 9.53 Å². The maximum atomic E-state index is 12.5. The lowest BCUT2D eigenvalue weighted by molar-refractivity contribution is 0.0925. The number of benzene rings is 2. The van der Waals surface area contributed by atoms with E-state index in [1.807, 2.05) is 24.3 Å². The van der Waals surface area contributed by atoms with Gasteiger partial charge in [0, 0.05) is 17.5 Å². The third kappa shape index (κ3) is 2.18. The van der Waals surface area contributed by atoms with Gasteiger partial charge in [-0.2, -0.15) is 15.4 Å². The predicted molar refractivity (Wildman–Crippen MR) is 80.6 cm³/mol. The highest BCUT2D eigenvalue weighted by atomic mass is 16.5. The zero-order valence-electron chi connectivity index (χ0n) is 11.7. The Kier molecular flexibility index (Phi) is 3.00. The van der Waals surface area contributed by atoms with Gasteiger partial charge in [0.05, 0.1) is 12.6 Å². The average Bonchev–Trinajstić information content (AvgIpc) is 3.02.